The molecular formula is C16H15N3O3S. The first-order valence-corrected chi connectivity index (χ1v) is 8.49. The summed E-state index contributed by atoms with van der Waals surface area (Å²) in [6.07, 6.45) is 0.308. The van der Waals surface area contributed by atoms with E-state index in [0.29, 0.717) is 17.8 Å². The molecule has 1 aliphatic rings. The number of hydrogen-bond donors (Lipinski definition) is 1. The molecule has 0 bridgehead atoms. The van der Waals surface area contributed by atoms with E-state index in [-0.39, 0.29) is 10.8 Å². The van der Waals surface area contributed by atoms with Gasteiger partial charge in [0, 0.05) is 11.4 Å². The quantitative estimate of drug-likeness (QED) is 0.936. The second kappa shape index (κ2) is 5.85. The number of sulfonamides is 1. The van der Waals surface area contributed by atoms with Gasteiger partial charge in [-0.3, -0.25) is 9.52 Å². The van der Waals surface area contributed by atoms with Gasteiger partial charge in [-0.2, -0.15) is 5.10 Å². The van der Waals surface area contributed by atoms with Gasteiger partial charge in [0.15, 0.2) is 0 Å². The highest BCUT2D eigenvalue weighted by molar-refractivity contribution is 7.92. The van der Waals surface area contributed by atoms with Crippen LogP contribution >= 0.6 is 0 Å². The van der Waals surface area contributed by atoms with Crippen molar-refractivity contribution >= 4 is 33.0 Å². The van der Waals surface area contributed by atoms with Crippen LogP contribution in [0.25, 0.3) is 0 Å². The maximum Gasteiger partial charge on any atom is 0.261 e. The zero-order valence-electron chi connectivity index (χ0n) is 12.4. The molecule has 7 heteroatoms. The Bertz CT molecular complexity index is 859. The molecule has 1 N–H and O–H groups in total. The summed E-state index contributed by atoms with van der Waals surface area (Å²) in [7, 11) is -3.62. The van der Waals surface area contributed by atoms with Crippen molar-refractivity contribution in [3.05, 3.63) is 54.6 Å². The van der Waals surface area contributed by atoms with Crippen molar-refractivity contribution in [2.24, 2.45) is 5.10 Å². The van der Waals surface area contributed by atoms with Crippen molar-refractivity contribution in [3.63, 3.8) is 0 Å². The highest BCUT2D eigenvalue weighted by Crippen LogP contribution is 2.23. The largest absolute Gasteiger partial charge is 0.280 e. The Morgan fingerprint density at radius 3 is 2.26 bits per heavy atom. The fourth-order valence-electron chi connectivity index (χ4n) is 2.24. The van der Waals surface area contributed by atoms with Crippen LogP contribution in [-0.2, 0) is 14.8 Å². The molecular weight excluding hydrogens is 314 g/mol. The average Bonchev–Trinajstić information content (AvgIpc) is 2.87. The molecule has 118 valence electrons. The van der Waals surface area contributed by atoms with Gasteiger partial charge in [0.25, 0.3) is 15.9 Å². The summed E-state index contributed by atoms with van der Waals surface area (Å²) in [4.78, 5) is 12.0. The highest BCUT2D eigenvalue weighted by Gasteiger charge is 2.22. The maximum absolute atomic E-state index is 12.2. The molecule has 0 saturated carbocycles. The van der Waals surface area contributed by atoms with Crippen LogP contribution in [0.5, 0.6) is 0 Å². The van der Waals surface area contributed by atoms with Gasteiger partial charge in [-0.1, -0.05) is 18.2 Å². The summed E-state index contributed by atoms with van der Waals surface area (Å²) in [6.45, 7) is 1.79. The summed E-state index contributed by atoms with van der Waals surface area (Å²) in [5.74, 6) is -0.0971. The number of rotatable bonds is 4. The number of nitrogens with zero attached hydrogens (tertiary/aromatic N) is 2. The molecule has 0 aromatic heterocycles. The monoisotopic (exact) mass is 329 g/mol. The zero-order chi connectivity index (χ0) is 16.4. The lowest BCUT2D eigenvalue weighted by molar-refractivity contribution is -0.116. The standard InChI is InChI=1S/C16H15N3O3S/c1-12-11-16(20)19(17-12)14-9-7-13(8-10-14)18-23(21,22)15-5-3-2-4-6-15/h2-10,18H,11H2,1H3. The topological polar surface area (TPSA) is 78.8 Å². The predicted molar refractivity (Wildman–Crippen MR) is 88.9 cm³/mol. The zero-order valence-corrected chi connectivity index (χ0v) is 13.2. The third-order valence-electron chi connectivity index (χ3n) is 3.33. The van der Waals surface area contributed by atoms with Gasteiger partial charge in [-0.15, -0.1) is 0 Å². The lowest BCUT2D eigenvalue weighted by Crippen LogP contribution is -2.19. The van der Waals surface area contributed by atoms with Crippen LogP contribution < -0.4 is 9.73 Å². The molecule has 6 nitrogen and oxygen atoms in total. The first-order chi connectivity index (χ1) is 11.0. The molecule has 0 atom stereocenters. The molecule has 0 fully saturated rings. The second-order valence-corrected chi connectivity index (χ2v) is 6.87. The molecule has 3 rings (SSSR count). The van der Waals surface area contributed by atoms with Crippen LogP contribution in [-0.4, -0.2) is 20.0 Å². The Balaban J connectivity index is 1.80. The molecule has 23 heavy (non-hydrogen) atoms. The van der Waals surface area contributed by atoms with Gasteiger partial charge >= 0.3 is 0 Å². The summed E-state index contributed by atoms with van der Waals surface area (Å²) in [6, 6.07) is 14.6. The Morgan fingerprint density at radius 1 is 1.04 bits per heavy atom. The van der Waals surface area contributed by atoms with Crippen molar-refractivity contribution in [1.82, 2.24) is 0 Å². The van der Waals surface area contributed by atoms with Gasteiger partial charge in [0.2, 0.25) is 0 Å². The van der Waals surface area contributed by atoms with Crippen LogP contribution in [0.15, 0.2) is 64.6 Å². The smallest absolute Gasteiger partial charge is 0.261 e. The fourth-order valence-corrected chi connectivity index (χ4v) is 3.32. The van der Waals surface area contributed by atoms with E-state index in [9.17, 15) is 13.2 Å². The molecule has 0 unspecified atom stereocenters. The van der Waals surface area contributed by atoms with E-state index in [2.05, 4.69) is 9.82 Å². The van der Waals surface area contributed by atoms with Gasteiger partial charge in [0.05, 0.1) is 17.0 Å². The lowest BCUT2D eigenvalue weighted by atomic mass is 10.2. The van der Waals surface area contributed by atoms with Crippen molar-refractivity contribution < 1.29 is 13.2 Å². The molecule has 1 amide bonds. The Hall–Kier alpha value is -2.67. The van der Waals surface area contributed by atoms with Gasteiger partial charge in [-0.25, -0.2) is 13.4 Å². The van der Waals surface area contributed by atoms with Crippen LogP contribution in [0, 0.1) is 0 Å². The summed E-state index contributed by atoms with van der Waals surface area (Å²) >= 11 is 0. The minimum absolute atomic E-state index is 0.0971. The van der Waals surface area contributed by atoms with E-state index in [1.54, 1.807) is 49.4 Å². The Labute approximate surface area is 134 Å². The predicted octanol–water partition coefficient (Wildman–Crippen LogP) is 2.60. The van der Waals surface area contributed by atoms with E-state index < -0.39 is 10.0 Å². The average molecular weight is 329 g/mol. The third kappa shape index (κ3) is 3.24. The summed E-state index contributed by atoms with van der Waals surface area (Å²) in [5, 5.41) is 5.48. The van der Waals surface area contributed by atoms with Crippen LogP contribution in [0.2, 0.25) is 0 Å². The summed E-state index contributed by atoms with van der Waals surface area (Å²) < 4.78 is 27.0. The number of amides is 1. The number of carbonyl (C=O) groups excluding carboxylic acids is 1. The van der Waals surface area contributed by atoms with Gasteiger partial charge in [-0.05, 0) is 43.3 Å². The van der Waals surface area contributed by atoms with E-state index in [1.165, 1.54) is 17.1 Å². The number of benzene rings is 2. The Kier molecular flexibility index (Phi) is 3.87. The lowest BCUT2D eigenvalue weighted by Gasteiger charge is -2.13. The van der Waals surface area contributed by atoms with E-state index in [1.807, 2.05) is 0 Å². The SMILES string of the molecule is CC1=NN(c2ccc(NS(=O)(=O)c3ccccc3)cc2)C(=O)C1. The van der Waals surface area contributed by atoms with Crippen LogP contribution in [0.1, 0.15) is 13.3 Å². The molecule has 2 aromatic rings. The fraction of sp³-hybridized carbons (Fsp3) is 0.125. The van der Waals surface area contributed by atoms with Crippen molar-refractivity contribution in [2.75, 3.05) is 9.73 Å². The van der Waals surface area contributed by atoms with Crippen molar-refractivity contribution in [2.45, 2.75) is 18.2 Å². The molecule has 1 aliphatic heterocycles. The highest BCUT2D eigenvalue weighted by atomic mass is 32.2. The number of carbonyl (C=O) groups is 1. The molecule has 0 saturated heterocycles. The minimum Gasteiger partial charge on any atom is -0.280 e. The molecule has 0 radical (unpaired) electrons. The van der Waals surface area contributed by atoms with Gasteiger partial charge < -0.3 is 0 Å². The molecule has 2 aromatic carbocycles. The number of anilines is 2. The number of hydrazone groups is 1. The Morgan fingerprint density at radius 2 is 1.70 bits per heavy atom. The number of nitrogens with one attached hydrogen (secondary N) is 1. The number of hydrogen-bond acceptors (Lipinski definition) is 4. The van der Waals surface area contributed by atoms with E-state index in [4.69, 9.17) is 0 Å². The molecule has 0 spiro atoms. The summed E-state index contributed by atoms with van der Waals surface area (Å²) in [5.41, 5.74) is 1.78. The van der Waals surface area contributed by atoms with E-state index in [0.717, 1.165) is 5.71 Å². The molecule has 0 aliphatic carbocycles. The normalized spacial score (nSPS) is 14.7. The van der Waals surface area contributed by atoms with Gasteiger partial charge in [0.1, 0.15) is 0 Å². The van der Waals surface area contributed by atoms with Crippen LogP contribution in [0.4, 0.5) is 11.4 Å². The first-order valence-electron chi connectivity index (χ1n) is 7.01. The van der Waals surface area contributed by atoms with Crippen molar-refractivity contribution in [1.29, 1.82) is 0 Å². The molecule has 1 heterocycles. The van der Waals surface area contributed by atoms with Crippen molar-refractivity contribution in [3.8, 4) is 0 Å². The minimum atomic E-state index is -3.62. The first kappa shape index (κ1) is 15.2. The maximum atomic E-state index is 12.2. The van der Waals surface area contributed by atoms with E-state index >= 15 is 0 Å². The third-order valence-corrected chi connectivity index (χ3v) is 4.73. The second-order valence-electron chi connectivity index (χ2n) is 5.18. The van der Waals surface area contributed by atoms with Crippen LogP contribution in [0.3, 0.4) is 0 Å².